The number of hydrogen-bond acceptors (Lipinski definition) is 7. The van der Waals surface area contributed by atoms with E-state index in [1.54, 1.807) is 51.3 Å². The van der Waals surface area contributed by atoms with Crippen molar-refractivity contribution in [2.24, 2.45) is 0 Å². The number of likely N-dealkylation sites (tertiary alicyclic amines) is 1. The first-order chi connectivity index (χ1) is 20.1. The first-order valence-corrected chi connectivity index (χ1v) is 15.0. The zero-order valence-electron chi connectivity index (χ0n) is 26.3. The Morgan fingerprint density at radius 3 is 2.07 bits per heavy atom. The smallest absolute Gasteiger partial charge is 0.411 e. The van der Waals surface area contributed by atoms with Gasteiger partial charge in [-0.3, -0.25) is 19.3 Å². The average molecular weight is 602 g/mol. The van der Waals surface area contributed by atoms with Gasteiger partial charge >= 0.3 is 12.2 Å². The molecule has 0 radical (unpaired) electrons. The number of rotatable bonds is 8. The summed E-state index contributed by atoms with van der Waals surface area (Å²) < 4.78 is 10.7. The minimum absolute atomic E-state index is 0.0713. The van der Waals surface area contributed by atoms with Crippen LogP contribution < -0.4 is 10.6 Å². The van der Waals surface area contributed by atoms with E-state index < -0.39 is 41.4 Å². The summed E-state index contributed by atoms with van der Waals surface area (Å²) in [5.74, 6) is -0.639. The first kappa shape index (κ1) is 33.7. The van der Waals surface area contributed by atoms with Gasteiger partial charge in [0.15, 0.2) is 0 Å². The first-order valence-electron chi connectivity index (χ1n) is 15.0. The van der Waals surface area contributed by atoms with E-state index in [2.05, 4.69) is 22.8 Å². The lowest BCUT2D eigenvalue weighted by Crippen LogP contribution is -2.55. The lowest BCUT2D eigenvalue weighted by atomic mass is 10.1. The van der Waals surface area contributed by atoms with Crippen LogP contribution >= 0.6 is 0 Å². The molecule has 3 rings (SSSR count). The molecule has 0 aliphatic carbocycles. The van der Waals surface area contributed by atoms with Gasteiger partial charge in [-0.2, -0.15) is 0 Å². The highest BCUT2D eigenvalue weighted by Gasteiger charge is 2.44. The second-order valence-electron chi connectivity index (χ2n) is 13.0. The molecule has 2 aliphatic rings. The van der Waals surface area contributed by atoms with Crippen LogP contribution in [0.2, 0.25) is 0 Å². The summed E-state index contributed by atoms with van der Waals surface area (Å²) in [7, 11) is 0. The summed E-state index contributed by atoms with van der Waals surface area (Å²) in [6.45, 7) is 11.7. The van der Waals surface area contributed by atoms with Crippen LogP contribution in [0, 0.1) is 0 Å². The molecule has 2 heterocycles. The van der Waals surface area contributed by atoms with Crippen LogP contribution in [0.1, 0.15) is 66.4 Å². The summed E-state index contributed by atoms with van der Waals surface area (Å²) in [6.07, 6.45) is 0.891. The molecule has 2 atom stereocenters. The van der Waals surface area contributed by atoms with Crippen LogP contribution in [0.4, 0.5) is 9.59 Å². The van der Waals surface area contributed by atoms with E-state index in [0.29, 0.717) is 32.6 Å². The second kappa shape index (κ2) is 14.6. The molecule has 238 valence electrons. The number of amides is 5. The molecule has 5 amide bonds. The fourth-order valence-electron chi connectivity index (χ4n) is 5.08. The predicted octanol–water partition coefficient (Wildman–Crippen LogP) is 2.70. The van der Waals surface area contributed by atoms with Gasteiger partial charge in [-0.05, 0) is 66.4 Å². The number of carbonyl (C=O) groups excluding carboxylic acids is 5. The van der Waals surface area contributed by atoms with E-state index in [1.807, 2.05) is 18.2 Å². The molecular formula is C31H47N5O7. The molecule has 1 aromatic carbocycles. The van der Waals surface area contributed by atoms with Crippen LogP contribution in [0.5, 0.6) is 0 Å². The number of alkyl carbamates (subject to hydrolysis) is 1. The number of carbonyl (C=O) groups is 5. The highest BCUT2D eigenvalue weighted by atomic mass is 16.6. The van der Waals surface area contributed by atoms with Crippen molar-refractivity contribution >= 4 is 29.9 Å². The van der Waals surface area contributed by atoms with Crippen LogP contribution in [-0.4, -0.2) is 107 Å². The van der Waals surface area contributed by atoms with Gasteiger partial charge in [-0.15, -0.1) is 0 Å². The normalized spacial score (nSPS) is 19.1. The van der Waals surface area contributed by atoms with Gasteiger partial charge in [-0.1, -0.05) is 30.3 Å². The van der Waals surface area contributed by atoms with Crippen molar-refractivity contribution in [3.8, 4) is 0 Å². The van der Waals surface area contributed by atoms with Gasteiger partial charge in [0.25, 0.3) is 0 Å². The van der Waals surface area contributed by atoms with Crippen molar-refractivity contribution in [1.29, 1.82) is 0 Å². The minimum Gasteiger partial charge on any atom is -0.444 e. The Labute approximate surface area is 254 Å². The molecule has 1 aromatic rings. The summed E-state index contributed by atoms with van der Waals surface area (Å²) in [4.78, 5) is 68.8. The second-order valence-corrected chi connectivity index (χ2v) is 13.0. The van der Waals surface area contributed by atoms with Crippen LogP contribution in [-0.2, 0) is 30.3 Å². The minimum atomic E-state index is -0.827. The van der Waals surface area contributed by atoms with E-state index in [-0.39, 0.29) is 31.3 Å². The molecule has 2 fully saturated rings. The van der Waals surface area contributed by atoms with Crippen LogP contribution in [0.25, 0.3) is 0 Å². The molecule has 0 bridgehead atoms. The third-order valence-electron chi connectivity index (χ3n) is 7.01. The molecule has 0 unspecified atom stereocenters. The molecular weight excluding hydrogens is 554 g/mol. The van der Waals surface area contributed by atoms with Gasteiger partial charge in [0.2, 0.25) is 17.7 Å². The zero-order valence-corrected chi connectivity index (χ0v) is 26.3. The standard InChI is InChI=1S/C31H47N5O7/c1-30(2,3)42-28(40)32-20-25(37)33-23-19-24(36(21-23)29(41)43-31(4,5)6)27(39)35-17-15-34(16-18-35)26(38)14-10-13-22-11-8-7-9-12-22/h7-9,11-12,23-24H,10,13-21H2,1-6H3,(H,32,40)(H,33,37)/t23-,24+/m1/s1. The highest BCUT2D eigenvalue weighted by molar-refractivity contribution is 5.88. The van der Waals surface area contributed by atoms with Gasteiger partial charge in [0.05, 0.1) is 0 Å². The van der Waals surface area contributed by atoms with Crippen molar-refractivity contribution in [2.75, 3.05) is 39.3 Å². The SMILES string of the molecule is CC(C)(C)OC(=O)NCC(=O)N[C@@H]1C[C@@H](C(=O)N2CCN(C(=O)CCCc3ccccc3)CC2)N(C(=O)OC(C)(C)C)C1. The molecule has 12 heteroatoms. The third-order valence-corrected chi connectivity index (χ3v) is 7.01. The number of benzene rings is 1. The van der Waals surface area contributed by atoms with Gasteiger partial charge in [0.1, 0.15) is 23.8 Å². The highest BCUT2D eigenvalue weighted by Crippen LogP contribution is 2.24. The Hall–Kier alpha value is -3.83. The van der Waals surface area contributed by atoms with Crippen molar-refractivity contribution in [3.63, 3.8) is 0 Å². The van der Waals surface area contributed by atoms with Crippen molar-refractivity contribution in [2.45, 2.75) is 90.5 Å². The van der Waals surface area contributed by atoms with E-state index in [0.717, 1.165) is 12.8 Å². The molecule has 0 aromatic heterocycles. The van der Waals surface area contributed by atoms with E-state index in [9.17, 15) is 24.0 Å². The van der Waals surface area contributed by atoms with Crippen LogP contribution in [0.15, 0.2) is 30.3 Å². The number of hydrogen-bond donors (Lipinski definition) is 2. The number of nitrogens with one attached hydrogen (secondary N) is 2. The molecule has 43 heavy (non-hydrogen) atoms. The number of ether oxygens (including phenoxy) is 2. The fraction of sp³-hybridized carbons (Fsp3) is 0.645. The Kier molecular flexibility index (Phi) is 11.4. The molecule has 0 spiro atoms. The predicted molar refractivity (Wildman–Crippen MR) is 160 cm³/mol. The lowest BCUT2D eigenvalue weighted by molar-refractivity contribution is -0.142. The monoisotopic (exact) mass is 601 g/mol. The average Bonchev–Trinajstić information content (AvgIpc) is 3.34. The van der Waals surface area contributed by atoms with Crippen molar-refractivity contribution < 1.29 is 33.4 Å². The Morgan fingerprint density at radius 2 is 1.47 bits per heavy atom. The quantitative estimate of drug-likeness (QED) is 0.467. The van der Waals surface area contributed by atoms with Crippen LogP contribution in [0.3, 0.4) is 0 Å². The Bertz CT molecular complexity index is 1140. The van der Waals surface area contributed by atoms with Crippen molar-refractivity contribution in [1.82, 2.24) is 25.3 Å². The van der Waals surface area contributed by atoms with E-state index in [4.69, 9.17) is 9.47 Å². The number of piperazine rings is 1. The molecule has 2 aliphatic heterocycles. The maximum absolute atomic E-state index is 13.7. The summed E-state index contributed by atoms with van der Waals surface area (Å²) in [5.41, 5.74) is -0.268. The third kappa shape index (κ3) is 11.1. The summed E-state index contributed by atoms with van der Waals surface area (Å²) in [6, 6.07) is 8.71. The summed E-state index contributed by atoms with van der Waals surface area (Å²) >= 11 is 0. The zero-order chi connectivity index (χ0) is 31.8. The maximum Gasteiger partial charge on any atom is 0.411 e. The van der Waals surface area contributed by atoms with E-state index >= 15 is 0 Å². The van der Waals surface area contributed by atoms with Gasteiger partial charge in [0, 0.05) is 45.2 Å². The fourth-order valence-corrected chi connectivity index (χ4v) is 5.08. The Balaban J connectivity index is 1.54. The summed E-state index contributed by atoms with van der Waals surface area (Å²) in [5, 5.41) is 5.22. The van der Waals surface area contributed by atoms with Crippen molar-refractivity contribution in [3.05, 3.63) is 35.9 Å². The lowest BCUT2D eigenvalue weighted by Gasteiger charge is -2.37. The van der Waals surface area contributed by atoms with Gasteiger partial charge < -0.3 is 29.9 Å². The maximum atomic E-state index is 13.7. The molecule has 2 saturated heterocycles. The number of aryl methyl sites for hydroxylation is 1. The topological polar surface area (TPSA) is 138 Å². The molecule has 12 nitrogen and oxygen atoms in total. The number of nitrogens with zero attached hydrogens (tertiary/aromatic N) is 3. The Morgan fingerprint density at radius 1 is 0.860 bits per heavy atom. The van der Waals surface area contributed by atoms with Gasteiger partial charge in [-0.25, -0.2) is 9.59 Å². The molecule has 2 N–H and O–H groups in total. The van der Waals surface area contributed by atoms with E-state index in [1.165, 1.54) is 10.5 Å². The molecule has 0 saturated carbocycles. The largest absolute Gasteiger partial charge is 0.444 e.